The molecule has 1 aliphatic carbocycles. The molecule has 7 heteroatoms. The Kier molecular flexibility index (Phi) is 5.11. The summed E-state index contributed by atoms with van der Waals surface area (Å²) in [5.41, 5.74) is 2.87. The Bertz CT molecular complexity index is 919. The Morgan fingerprint density at radius 1 is 1.00 bits per heavy atom. The molecular formula is C19H22N2O4S. The lowest BCUT2D eigenvalue weighted by atomic mass is 9.93. The lowest BCUT2D eigenvalue weighted by Gasteiger charge is -2.32. The van der Waals surface area contributed by atoms with Gasteiger partial charge in [0, 0.05) is 18.7 Å². The molecule has 26 heavy (non-hydrogen) atoms. The number of aryl methyl sites for hydroxylation is 1. The zero-order valence-electron chi connectivity index (χ0n) is 15.2. The molecule has 0 N–H and O–H groups in total. The molecule has 1 aliphatic heterocycles. The summed E-state index contributed by atoms with van der Waals surface area (Å²) in [5.74, 6) is -0.0870. The third kappa shape index (κ3) is 3.64. The summed E-state index contributed by atoms with van der Waals surface area (Å²) in [5, 5.41) is 0. The van der Waals surface area contributed by atoms with E-state index in [4.69, 9.17) is 4.74 Å². The maximum Gasteiger partial charge on any atom is 0.282 e. The second-order valence-corrected chi connectivity index (χ2v) is 8.08. The number of morpholine rings is 1. The van der Waals surface area contributed by atoms with Crippen LogP contribution in [-0.2, 0) is 19.6 Å². The third-order valence-corrected chi connectivity index (χ3v) is 5.99. The van der Waals surface area contributed by atoms with Gasteiger partial charge in [0.05, 0.1) is 29.5 Å². The van der Waals surface area contributed by atoms with E-state index in [9.17, 15) is 13.2 Å². The number of ketones is 1. The average molecular weight is 374 g/mol. The van der Waals surface area contributed by atoms with E-state index in [2.05, 4.69) is 4.40 Å². The van der Waals surface area contributed by atoms with Crippen LogP contribution in [0.25, 0.3) is 0 Å². The monoisotopic (exact) mass is 374 g/mol. The first-order valence-corrected chi connectivity index (χ1v) is 9.92. The topological polar surface area (TPSA) is 76.0 Å². The second-order valence-electron chi connectivity index (χ2n) is 6.47. The first kappa shape index (κ1) is 18.5. The molecule has 0 atom stereocenters. The van der Waals surface area contributed by atoms with Gasteiger partial charge < -0.3 is 9.64 Å². The maximum atomic E-state index is 12.7. The summed E-state index contributed by atoms with van der Waals surface area (Å²) in [4.78, 5) is 14.7. The van der Waals surface area contributed by atoms with Crippen molar-refractivity contribution in [2.45, 2.75) is 25.7 Å². The molecule has 1 aromatic rings. The van der Waals surface area contributed by atoms with E-state index in [1.54, 1.807) is 44.2 Å². The summed E-state index contributed by atoms with van der Waals surface area (Å²) in [7, 11) is -3.85. The van der Waals surface area contributed by atoms with Crippen LogP contribution >= 0.6 is 0 Å². The van der Waals surface area contributed by atoms with Crippen LogP contribution in [0.15, 0.2) is 56.5 Å². The van der Waals surface area contributed by atoms with Crippen LogP contribution in [0.2, 0.25) is 0 Å². The number of carbonyl (C=O) groups is 1. The van der Waals surface area contributed by atoms with Gasteiger partial charge in [-0.15, -0.1) is 0 Å². The molecule has 3 rings (SSSR count). The Balaban J connectivity index is 2.03. The molecule has 0 spiro atoms. The number of benzene rings is 1. The fourth-order valence-corrected chi connectivity index (χ4v) is 3.92. The van der Waals surface area contributed by atoms with Gasteiger partial charge in [-0.2, -0.15) is 12.8 Å². The number of hydrogen-bond acceptors (Lipinski definition) is 5. The van der Waals surface area contributed by atoms with Gasteiger partial charge in [-0.05, 0) is 44.6 Å². The van der Waals surface area contributed by atoms with Crippen molar-refractivity contribution < 1.29 is 17.9 Å². The minimum Gasteiger partial charge on any atom is -0.378 e. The van der Waals surface area contributed by atoms with Crippen molar-refractivity contribution in [1.82, 2.24) is 4.90 Å². The highest BCUT2D eigenvalue weighted by molar-refractivity contribution is 7.90. The van der Waals surface area contributed by atoms with Crippen LogP contribution in [0.3, 0.4) is 0 Å². The second kappa shape index (κ2) is 7.17. The highest BCUT2D eigenvalue weighted by Gasteiger charge is 2.28. The number of carbonyl (C=O) groups excluding carboxylic acids is 1. The molecule has 1 saturated heterocycles. The average Bonchev–Trinajstić information content (AvgIpc) is 2.63. The lowest BCUT2D eigenvalue weighted by molar-refractivity contribution is -0.114. The highest BCUT2D eigenvalue weighted by atomic mass is 32.2. The number of hydrogen-bond donors (Lipinski definition) is 0. The van der Waals surface area contributed by atoms with Crippen LogP contribution in [-0.4, -0.2) is 51.1 Å². The fraction of sp³-hybridized carbons (Fsp3) is 0.368. The molecule has 0 saturated carbocycles. The third-order valence-electron chi connectivity index (χ3n) is 4.68. The van der Waals surface area contributed by atoms with Crippen molar-refractivity contribution in [2.75, 3.05) is 26.3 Å². The summed E-state index contributed by atoms with van der Waals surface area (Å²) < 4.78 is 34.7. The van der Waals surface area contributed by atoms with E-state index in [0.29, 0.717) is 48.9 Å². The van der Waals surface area contributed by atoms with Crippen molar-refractivity contribution in [2.24, 2.45) is 4.40 Å². The maximum absolute atomic E-state index is 12.7. The Hall–Kier alpha value is -2.25. The van der Waals surface area contributed by atoms with Gasteiger partial charge in [0.25, 0.3) is 10.0 Å². The van der Waals surface area contributed by atoms with E-state index in [0.717, 1.165) is 5.56 Å². The molecule has 0 radical (unpaired) electrons. The predicted molar refractivity (Wildman–Crippen MR) is 99.7 cm³/mol. The van der Waals surface area contributed by atoms with E-state index in [1.807, 2.05) is 11.8 Å². The molecule has 6 nitrogen and oxygen atoms in total. The molecule has 0 unspecified atom stereocenters. The molecule has 138 valence electrons. The highest BCUT2D eigenvalue weighted by Crippen LogP contribution is 2.24. The summed E-state index contributed by atoms with van der Waals surface area (Å²) >= 11 is 0. The van der Waals surface area contributed by atoms with Gasteiger partial charge in [-0.3, -0.25) is 4.79 Å². The largest absolute Gasteiger partial charge is 0.378 e. The zero-order valence-corrected chi connectivity index (χ0v) is 16.0. The number of rotatable bonds is 3. The van der Waals surface area contributed by atoms with Gasteiger partial charge >= 0.3 is 0 Å². The van der Waals surface area contributed by atoms with Crippen molar-refractivity contribution in [1.29, 1.82) is 0 Å². The number of Topliss-reactive ketones (excluding diaryl/α,β-unsaturated/α-hetero) is 1. The van der Waals surface area contributed by atoms with Crippen molar-refractivity contribution in [3.05, 3.63) is 52.7 Å². The Morgan fingerprint density at radius 3 is 2.23 bits per heavy atom. The van der Waals surface area contributed by atoms with Crippen molar-refractivity contribution in [3.63, 3.8) is 0 Å². The van der Waals surface area contributed by atoms with Crippen molar-refractivity contribution in [3.8, 4) is 0 Å². The van der Waals surface area contributed by atoms with E-state index >= 15 is 0 Å². The smallest absolute Gasteiger partial charge is 0.282 e. The molecule has 1 fully saturated rings. The van der Waals surface area contributed by atoms with E-state index in [1.165, 1.54) is 0 Å². The van der Waals surface area contributed by atoms with Gasteiger partial charge in [0.2, 0.25) is 5.78 Å². The van der Waals surface area contributed by atoms with E-state index < -0.39 is 10.0 Å². The minimum absolute atomic E-state index is 0.0870. The standard InChI is InChI=1S/C19H22N2O4S/c1-13-4-6-16(7-5-13)26(23,24)20-17-12-18(19(22)15(3)14(17)2)21-8-10-25-11-9-21/h4-7,12H,8-11H2,1-3H3/b20-17+. The predicted octanol–water partition coefficient (Wildman–Crippen LogP) is 2.26. The van der Waals surface area contributed by atoms with E-state index in [-0.39, 0.29) is 10.7 Å². The Labute approximate surface area is 153 Å². The molecule has 2 aliphatic rings. The number of ether oxygens (including phenoxy) is 1. The van der Waals surface area contributed by atoms with Gasteiger partial charge in [-0.1, -0.05) is 17.7 Å². The Morgan fingerprint density at radius 2 is 1.62 bits per heavy atom. The normalized spacial score (nSPS) is 20.6. The summed E-state index contributed by atoms with van der Waals surface area (Å²) in [6.07, 6.45) is 1.59. The summed E-state index contributed by atoms with van der Waals surface area (Å²) in [6, 6.07) is 6.56. The van der Waals surface area contributed by atoms with Gasteiger partial charge in [0.1, 0.15) is 0 Å². The van der Waals surface area contributed by atoms with Crippen molar-refractivity contribution >= 4 is 21.5 Å². The molecule has 1 aromatic carbocycles. The fourth-order valence-electron chi connectivity index (χ4n) is 2.88. The minimum atomic E-state index is -3.85. The van der Waals surface area contributed by atoms with Crippen LogP contribution in [0.1, 0.15) is 19.4 Å². The van der Waals surface area contributed by atoms with Crippen LogP contribution < -0.4 is 0 Å². The van der Waals surface area contributed by atoms with Gasteiger partial charge in [-0.25, -0.2) is 0 Å². The van der Waals surface area contributed by atoms with Crippen LogP contribution in [0.5, 0.6) is 0 Å². The lowest BCUT2D eigenvalue weighted by Crippen LogP contribution is -2.39. The summed E-state index contributed by atoms with van der Waals surface area (Å²) in [6.45, 7) is 7.61. The number of nitrogens with zero attached hydrogens (tertiary/aromatic N) is 2. The number of allylic oxidation sites excluding steroid dienone is 3. The molecule has 0 bridgehead atoms. The SMILES string of the molecule is CC1=C(C)/C(=N/S(=O)(=O)c2ccc(C)cc2)C=C(N2CCOCC2)C1=O. The molecule has 0 amide bonds. The number of sulfonamides is 1. The molecule has 0 aromatic heterocycles. The quantitative estimate of drug-likeness (QED) is 0.759. The zero-order chi connectivity index (χ0) is 18.9. The first-order chi connectivity index (χ1) is 12.3. The first-order valence-electron chi connectivity index (χ1n) is 8.48. The van der Waals surface area contributed by atoms with Crippen LogP contribution in [0.4, 0.5) is 0 Å². The van der Waals surface area contributed by atoms with Gasteiger partial charge in [0.15, 0.2) is 0 Å². The molecule has 1 heterocycles. The van der Waals surface area contributed by atoms with Crippen LogP contribution in [0, 0.1) is 6.92 Å². The molecular weight excluding hydrogens is 352 g/mol.